The molecular weight excluding hydrogens is 664 g/mol. The van der Waals surface area contributed by atoms with Crippen LogP contribution in [0.15, 0.2) is 4.99 Å². The quantitative estimate of drug-likeness (QED) is 0.0253. The number of rotatable bonds is 24. The van der Waals surface area contributed by atoms with Crippen molar-refractivity contribution in [1.82, 2.24) is 31.9 Å². The van der Waals surface area contributed by atoms with Gasteiger partial charge in [0.05, 0.1) is 26.1 Å². The van der Waals surface area contributed by atoms with Gasteiger partial charge in [0.2, 0.25) is 35.4 Å². The zero-order chi connectivity index (χ0) is 38.6. The van der Waals surface area contributed by atoms with Crippen molar-refractivity contribution in [3.8, 4) is 0 Å². The van der Waals surface area contributed by atoms with Gasteiger partial charge in [-0.1, -0.05) is 40.5 Å². The Morgan fingerprint density at radius 1 is 0.700 bits per heavy atom. The number of amides is 6. The fourth-order valence-electron chi connectivity index (χ4n) is 4.17. The SMILES string of the molecule is CCC(C)C(NC(=O)CNC(=O)CNC(=O)C(CC(=O)O)NC(=O)C(NC(=O)C(N)CO)C(C)CC)C(=O)NC(CCCN=C(N)N)C(=O)O. The molecule has 0 aliphatic heterocycles. The summed E-state index contributed by atoms with van der Waals surface area (Å²) in [6.45, 7) is 4.81. The van der Waals surface area contributed by atoms with Crippen molar-refractivity contribution in [3.63, 3.8) is 0 Å². The molecule has 0 aliphatic rings. The number of aliphatic hydroxyl groups excluding tert-OH is 1. The minimum Gasteiger partial charge on any atom is -0.481 e. The molecule has 0 fully saturated rings. The van der Waals surface area contributed by atoms with Gasteiger partial charge in [0, 0.05) is 6.54 Å². The maximum absolute atomic E-state index is 13.0. The molecule has 21 heteroatoms. The Hall–Kier alpha value is -5.05. The van der Waals surface area contributed by atoms with Crippen molar-refractivity contribution in [1.29, 1.82) is 0 Å². The van der Waals surface area contributed by atoms with Crippen LogP contribution in [0.1, 0.15) is 59.8 Å². The number of aliphatic carboxylic acids is 2. The lowest BCUT2D eigenvalue weighted by Gasteiger charge is -2.26. The number of nitrogens with two attached hydrogens (primary N) is 3. The summed E-state index contributed by atoms with van der Waals surface area (Å²) < 4.78 is 0. The number of hydrogen-bond donors (Lipinski definition) is 12. The van der Waals surface area contributed by atoms with Crippen molar-refractivity contribution in [3.05, 3.63) is 0 Å². The molecule has 50 heavy (non-hydrogen) atoms. The molecule has 0 heterocycles. The topological polar surface area (TPSA) is 360 Å². The second kappa shape index (κ2) is 23.3. The number of guanidine groups is 1. The number of nitrogens with one attached hydrogen (secondary N) is 6. The summed E-state index contributed by atoms with van der Waals surface area (Å²) in [5.41, 5.74) is 16.0. The van der Waals surface area contributed by atoms with Gasteiger partial charge < -0.3 is 64.4 Å². The molecule has 0 radical (unpaired) electrons. The van der Waals surface area contributed by atoms with Crippen LogP contribution in [0.5, 0.6) is 0 Å². The number of carboxylic acids is 2. The Morgan fingerprint density at radius 3 is 1.70 bits per heavy atom. The number of nitrogens with zero attached hydrogens (tertiary/aromatic N) is 1. The normalized spacial score (nSPS) is 14.9. The second-order valence-corrected chi connectivity index (χ2v) is 11.6. The lowest BCUT2D eigenvalue weighted by atomic mass is 9.97. The highest BCUT2D eigenvalue weighted by atomic mass is 16.4. The molecule has 7 atom stereocenters. The average molecular weight is 717 g/mol. The van der Waals surface area contributed by atoms with Crippen molar-refractivity contribution in [2.24, 2.45) is 34.0 Å². The molecule has 0 aromatic carbocycles. The maximum atomic E-state index is 13.0. The van der Waals surface area contributed by atoms with Gasteiger partial charge in [0.1, 0.15) is 30.2 Å². The van der Waals surface area contributed by atoms with E-state index in [0.29, 0.717) is 12.8 Å². The molecule has 6 amide bonds. The van der Waals surface area contributed by atoms with E-state index in [2.05, 4.69) is 36.9 Å². The average Bonchev–Trinajstić information content (AvgIpc) is 3.06. The number of carbonyl (C=O) groups excluding carboxylic acids is 6. The zero-order valence-electron chi connectivity index (χ0n) is 28.7. The molecule has 0 spiro atoms. The highest BCUT2D eigenvalue weighted by molar-refractivity contribution is 5.96. The molecule has 0 rings (SSSR count). The number of hydrogen-bond acceptors (Lipinski definition) is 11. The second-order valence-electron chi connectivity index (χ2n) is 11.6. The Bertz CT molecular complexity index is 1230. The molecule has 0 saturated carbocycles. The van der Waals surface area contributed by atoms with Crippen molar-refractivity contribution < 1.29 is 53.7 Å². The lowest BCUT2D eigenvalue weighted by molar-refractivity contribution is -0.143. The van der Waals surface area contributed by atoms with E-state index in [0.717, 1.165) is 0 Å². The molecule has 0 bridgehead atoms. The first-order valence-corrected chi connectivity index (χ1v) is 16.0. The Labute approximate surface area is 289 Å². The van der Waals surface area contributed by atoms with Gasteiger partial charge in [-0.15, -0.1) is 0 Å². The third-order valence-electron chi connectivity index (χ3n) is 7.58. The smallest absolute Gasteiger partial charge is 0.326 e. The van der Waals surface area contributed by atoms with E-state index in [1.807, 2.05) is 0 Å². The highest BCUT2D eigenvalue weighted by Gasteiger charge is 2.33. The summed E-state index contributed by atoms with van der Waals surface area (Å²) >= 11 is 0. The van der Waals surface area contributed by atoms with Crippen LogP contribution in [0.25, 0.3) is 0 Å². The molecule has 0 aromatic rings. The number of carboxylic acid groups (broad SMARTS) is 2. The number of carbonyl (C=O) groups is 8. The van der Waals surface area contributed by atoms with Gasteiger partial charge in [-0.3, -0.25) is 38.6 Å². The first-order valence-electron chi connectivity index (χ1n) is 16.0. The summed E-state index contributed by atoms with van der Waals surface area (Å²) in [5, 5.41) is 41.8. The zero-order valence-corrected chi connectivity index (χ0v) is 28.7. The molecular formula is C29H52N10O11. The minimum absolute atomic E-state index is 0.00610. The van der Waals surface area contributed by atoms with Gasteiger partial charge in [0.25, 0.3) is 0 Å². The standard InChI is InChI=1S/C29H52N10O11/c1-5-14(3)22(26(47)36-17(28(49)50)8-7-9-33-29(31)32)38-20(42)12-34-19(41)11-35-25(46)18(10-21(43)44)37-27(48)23(15(4)6-2)39-24(45)16(30)13-40/h14-18,22-23,40H,5-13,30H2,1-4H3,(H,34,41)(H,35,46)(H,36,47)(H,37,48)(H,38,42)(H,39,45)(H,43,44)(H,49,50)(H4,31,32,33). The van der Waals surface area contributed by atoms with Crippen LogP contribution in [0, 0.1) is 11.8 Å². The van der Waals surface area contributed by atoms with Gasteiger partial charge >= 0.3 is 11.9 Å². The summed E-state index contributed by atoms with van der Waals surface area (Å²) in [6.07, 6.45) is 0.194. The van der Waals surface area contributed by atoms with Crippen LogP contribution < -0.4 is 49.1 Å². The maximum Gasteiger partial charge on any atom is 0.326 e. The van der Waals surface area contributed by atoms with E-state index in [1.165, 1.54) is 0 Å². The Kier molecular flexibility index (Phi) is 21.0. The predicted octanol–water partition coefficient (Wildman–Crippen LogP) is -4.82. The van der Waals surface area contributed by atoms with Gasteiger partial charge in [0.15, 0.2) is 5.96 Å². The predicted molar refractivity (Wildman–Crippen MR) is 178 cm³/mol. The van der Waals surface area contributed by atoms with E-state index < -0.39 is 116 Å². The van der Waals surface area contributed by atoms with E-state index in [4.69, 9.17) is 22.3 Å². The minimum atomic E-state index is -1.66. The first-order chi connectivity index (χ1) is 23.4. The molecule has 21 nitrogen and oxygen atoms in total. The van der Waals surface area contributed by atoms with Crippen LogP contribution in [0.4, 0.5) is 0 Å². The van der Waals surface area contributed by atoms with Crippen molar-refractivity contribution in [2.75, 3.05) is 26.2 Å². The van der Waals surface area contributed by atoms with Gasteiger partial charge in [-0.25, -0.2) is 4.79 Å². The molecule has 0 saturated heterocycles. The molecule has 0 aliphatic carbocycles. The van der Waals surface area contributed by atoms with E-state index in [1.54, 1.807) is 27.7 Å². The monoisotopic (exact) mass is 716 g/mol. The molecule has 7 unspecified atom stereocenters. The summed E-state index contributed by atoms with van der Waals surface area (Å²) in [6, 6.07) is -6.67. The third kappa shape index (κ3) is 17.4. The Morgan fingerprint density at radius 2 is 1.22 bits per heavy atom. The lowest BCUT2D eigenvalue weighted by Crippen LogP contribution is -2.58. The number of aliphatic hydroxyl groups is 1. The summed E-state index contributed by atoms with van der Waals surface area (Å²) in [4.78, 5) is 103. The largest absolute Gasteiger partial charge is 0.481 e. The van der Waals surface area contributed by atoms with E-state index in [9.17, 15) is 48.6 Å². The van der Waals surface area contributed by atoms with Crippen LogP contribution in [0.3, 0.4) is 0 Å². The molecule has 284 valence electrons. The fourth-order valence-corrected chi connectivity index (χ4v) is 4.17. The van der Waals surface area contributed by atoms with Crippen LogP contribution >= 0.6 is 0 Å². The molecule has 0 aromatic heterocycles. The van der Waals surface area contributed by atoms with E-state index >= 15 is 0 Å². The fraction of sp³-hybridized carbons (Fsp3) is 0.690. The van der Waals surface area contributed by atoms with Crippen molar-refractivity contribution >= 4 is 53.3 Å². The van der Waals surface area contributed by atoms with Crippen LogP contribution in [-0.2, 0) is 38.4 Å². The summed E-state index contributed by atoms with van der Waals surface area (Å²) in [7, 11) is 0. The molecule has 15 N–H and O–H groups in total. The van der Waals surface area contributed by atoms with E-state index in [-0.39, 0.29) is 25.3 Å². The van der Waals surface area contributed by atoms with Crippen molar-refractivity contribution in [2.45, 2.75) is 90.0 Å². The highest BCUT2D eigenvalue weighted by Crippen LogP contribution is 2.11. The van der Waals surface area contributed by atoms with Gasteiger partial charge in [-0.05, 0) is 24.7 Å². The first kappa shape index (κ1) is 44.9. The Balaban J connectivity index is 5.32. The van der Waals surface area contributed by atoms with Crippen LogP contribution in [0.2, 0.25) is 0 Å². The third-order valence-corrected chi connectivity index (χ3v) is 7.58. The van der Waals surface area contributed by atoms with Gasteiger partial charge in [-0.2, -0.15) is 0 Å². The number of aliphatic imine (C=N–C) groups is 1. The summed E-state index contributed by atoms with van der Waals surface area (Å²) in [5.74, 6) is -9.10. The van der Waals surface area contributed by atoms with Crippen LogP contribution in [-0.4, -0.2) is 125 Å².